The van der Waals surface area contributed by atoms with E-state index in [9.17, 15) is 4.79 Å². The lowest BCUT2D eigenvalue weighted by molar-refractivity contribution is -0.119. The number of pyridine rings is 1. The van der Waals surface area contributed by atoms with Crippen molar-refractivity contribution in [3.63, 3.8) is 0 Å². The highest BCUT2D eigenvalue weighted by Gasteiger charge is 2.24. The van der Waals surface area contributed by atoms with E-state index in [1.165, 1.54) is 0 Å². The van der Waals surface area contributed by atoms with Crippen molar-refractivity contribution < 1.29 is 14.3 Å². The van der Waals surface area contributed by atoms with Crippen LogP contribution in [0.2, 0.25) is 0 Å². The number of rotatable bonds is 7. The van der Waals surface area contributed by atoms with Crippen molar-refractivity contribution in [1.29, 1.82) is 0 Å². The lowest BCUT2D eigenvalue weighted by atomic mass is 10.2. The number of nitrogens with zero attached hydrogens (tertiary/aromatic N) is 4. The molecular formula is C22H24N6O3. The van der Waals surface area contributed by atoms with Gasteiger partial charge >= 0.3 is 0 Å². The predicted octanol–water partition coefficient (Wildman–Crippen LogP) is 2.64. The fraction of sp³-hybridized carbons (Fsp3) is 0.273. The van der Waals surface area contributed by atoms with Gasteiger partial charge in [-0.15, -0.1) is 0 Å². The van der Waals surface area contributed by atoms with Gasteiger partial charge in [0.25, 0.3) is 0 Å². The van der Waals surface area contributed by atoms with Gasteiger partial charge in [0.05, 0.1) is 26.0 Å². The summed E-state index contributed by atoms with van der Waals surface area (Å²) in [7, 11) is 1.61. The van der Waals surface area contributed by atoms with E-state index in [1.807, 2.05) is 42.5 Å². The van der Waals surface area contributed by atoms with Crippen LogP contribution in [0.5, 0.6) is 5.75 Å². The first-order valence-corrected chi connectivity index (χ1v) is 9.98. The fourth-order valence-corrected chi connectivity index (χ4v) is 3.28. The Balaban J connectivity index is 1.34. The monoisotopic (exact) mass is 420 g/mol. The molecular weight excluding hydrogens is 396 g/mol. The van der Waals surface area contributed by atoms with Gasteiger partial charge in [0.15, 0.2) is 0 Å². The maximum Gasteiger partial charge on any atom is 0.238 e. The van der Waals surface area contributed by atoms with Gasteiger partial charge < -0.3 is 20.1 Å². The molecule has 3 aromatic rings. The minimum Gasteiger partial charge on any atom is -0.497 e. The van der Waals surface area contributed by atoms with Gasteiger partial charge in [0.2, 0.25) is 11.9 Å². The zero-order valence-corrected chi connectivity index (χ0v) is 17.2. The van der Waals surface area contributed by atoms with Crippen LogP contribution in [0.3, 0.4) is 0 Å². The second kappa shape index (κ2) is 9.96. The average Bonchev–Trinajstić information content (AvgIpc) is 2.80. The molecule has 4 rings (SSSR count). The molecule has 1 aromatic carbocycles. The Morgan fingerprint density at radius 3 is 2.74 bits per heavy atom. The summed E-state index contributed by atoms with van der Waals surface area (Å²) in [5.41, 5.74) is 1.53. The second-order valence-corrected chi connectivity index (χ2v) is 7.02. The van der Waals surface area contributed by atoms with Gasteiger partial charge in [0, 0.05) is 31.2 Å². The molecule has 31 heavy (non-hydrogen) atoms. The number of carbonyl (C=O) groups is 1. The summed E-state index contributed by atoms with van der Waals surface area (Å²) < 4.78 is 11.1. The van der Waals surface area contributed by atoms with Crippen LogP contribution in [-0.4, -0.2) is 59.1 Å². The Kier molecular flexibility index (Phi) is 6.65. The molecule has 0 aliphatic carbocycles. The summed E-state index contributed by atoms with van der Waals surface area (Å²) in [5, 5.41) is 6.00. The van der Waals surface area contributed by atoms with E-state index in [2.05, 4.69) is 30.5 Å². The second-order valence-electron chi connectivity index (χ2n) is 7.02. The van der Waals surface area contributed by atoms with Gasteiger partial charge in [-0.25, -0.2) is 15.0 Å². The predicted molar refractivity (Wildman–Crippen MR) is 116 cm³/mol. The highest BCUT2D eigenvalue weighted by molar-refractivity contribution is 5.92. The largest absolute Gasteiger partial charge is 0.497 e. The molecule has 0 saturated carbocycles. The summed E-state index contributed by atoms with van der Waals surface area (Å²) in [5.74, 6) is 1.79. The highest BCUT2D eigenvalue weighted by Crippen LogP contribution is 2.23. The van der Waals surface area contributed by atoms with Crippen molar-refractivity contribution in [1.82, 2.24) is 19.9 Å². The molecule has 9 heteroatoms. The molecule has 1 aliphatic rings. The molecule has 1 saturated heterocycles. The summed E-state index contributed by atoms with van der Waals surface area (Å²) >= 11 is 0. The number of anilines is 3. The van der Waals surface area contributed by atoms with Crippen molar-refractivity contribution in [2.24, 2.45) is 0 Å². The van der Waals surface area contributed by atoms with Crippen molar-refractivity contribution in [3.8, 4) is 5.75 Å². The maximum absolute atomic E-state index is 12.5. The number of morpholine rings is 1. The van der Waals surface area contributed by atoms with Crippen LogP contribution in [0.4, 0.5) is 17.5 Å². The molecule has 1 amide bonds. The van der Waals surface area contributed by atoms with Crippen molar-refractivity contribution in [2.45, 2.75) is 6.10 Å². The SMILES string of the molecule is COc1ccc(NC(=O)CN2CCOC(c3cccc(Nc4ncccn4)n3)C2)cc1. The zero-order chi connectivity index (χ0) is 21.5. The van der Waals surface area contributed by atoms with Crippen LogP contribution in [0.15, 0.2) is 60.9 Å². The molecule has 1 unspecified atom stereocenters. The van der Waals surface area contributed by atoms with Crippen molar-refractivity contribution in [2.75, 3.05) is 44.0 Å². The van der Waals surface area contributed by atoms with Gasteiger partial charge in [-0.1, -0.05) is 6.07 Å². The molecule has 3 heterocycles. The Morgan fingerprint density at radius 2 is 1.97 bits per heavy atom. The number of methoxy groups -OCH3 is 1. The van der Waals surface area contributed by atoms with Gasteiger partial charge in [-0.2, -0.15) is 0 Å². The number of benzene rings is 1. The molecule has 0 bridgehead atoms. The average molecular weight is 420 g/mol. The zero-order valence-electron chi connectivity index (χ0n) is 17.2. The molecule has 0 radical (unpaired) electrons. The quantitative estimate of drug-likeness (QED) is 0.602. The maximum atomic E-state index is 12.5. The van der Waals surface area contributed by atoms with Gasteiger partial charge in [0.1, 0.15) is 17.7 Å². The third-order valence-electron chi connectivity index (χ3n) is 4.80. The lowest BCUT2D eigenvalue weighted by Gasteiger charge is -2.32. The van der Waals surface area contributed by atoms with E-state index in [0.717, 1.165) is 17.1 Å². The third-order valence-corrected chi connectivity index (χ3v) is 4.80. The van der Waals surface area contributed by atoms with E-state index in [-0.39, 0.29) is 18.6 Å². The topological polar surface area (TPSA) is 102 Å². The Hall–Kier alpha value is -3.56. The van der Waals surface area contributed by atoms with Crippen LogP contribution in [0.1, 0.15) is 11.8 Å². The fourth-order valence-electron chi connectivity index (χ4n) is 3.28. The van der Waals surface area contributed by atoms with Gasteiger partial charge in [-0.05, 0) is 42.5 Å². The molecule has 0 spiro atoms. The number of hydrogen-bond donors (Lipinski definition) is 2. The van der Waals surface area contributed by atoms with E-state index in [1.54, 1.807) is 25.6 Å². The van der Waals surface area contributed by atoms with Crippen LogP contribution in [-0.2, 0) is 9.53 Å². The molecule has 1 fully saturated rings. The Morgan fingerprint density at radius 1 is 1.16 bits per heavy atom. The smallest absolute Gasteiger partial charge is 0.238 e. The minimum absolute atomic E-state index is 0.0737. The molecule has 9 nitrogen and oxygen atoms in total. The molecule has 2 N–H and O–H groups in total. The molecule has 1 aliphatic heterocycles. The number of aromatic nitrogens is 3. The summed E-state index contributed by atoms with van der Waals surface area (Å²) in [6, 6.07) is 14.7. The van der Waals surface area contributed by atoms with Crippen LogP contribution in [0, 0.1) is 0 Å². The number of amides is 1. The standard InChI is InChI=1S/C22H24N6O3/c1-30-17-8-6-16(7-9-17)25-21(29)15-28-12-13-31-19(14-28)18-4-2-5-20(26-18)27-22-23-10-3-11-24-22/h2-11,19H,12-15H2,1H3,(H,25,29)(H,23,24,26,27). The first kappa shape index (κ1) is 20.7. The number of nitrogens with one attached hydrogen (secondary N) is 2. The normalized spacial score (nSPS) is 16.5. The molecule has 160 valence electrons. The lowest BCUT2D eigenvalue weighted by Crippen LogP contribution is -2.42. The van der Waals surface area contributed by atoms with E-state index in [4.69, 9.17) is 9.47 Å². The first-order valence-electron chi connectivity index (χ1n) is 9.98. The minimum atomic E-state index is -0.221. The van der Waals surface area contributed by atoms with Crippen molar-refractivity contribution in [3.05, 3.63) is 66.6 Å². The Bertz CT molecular complexity index is 1000. The number of carbonyl (C=O) groups excluding carboxylic acids is 1. The van der Waals surface area contributed by atoms with E-state index < -0.39 is 0 Å². The van der Waals surface area contributed by atoms with E-state index >= 15 is 0 Å². The summed E-state index contributed by atoms with van der Waals surface area (Å²) in [4.78, 5) is 27.5. The van der Waals surface area contributed by atoms with Crippen LogP contribution < -0.4 is 15.4 Å². The van der Waals surface area contributed by atoms with Crippen LogP contribution in [0.25, 0.3) is 0 Å². The molecule has 1 atom stereocenters. The molecule has 2 aromatic heterocycles. The number of hydrogen-bond acceptors (Lipinski definition) is 8. The highest BCUT2D eigenvalue weighted by atomic mass is 16.5. The van der Waals surface area contributed by atoms with Crippen LogP contribution >= 0.6 is 0 Å². The number of ether oxygens (including phenoxy) is 2. The van der Waals surface area contributed by atoms with E-state index in [0.29, 0.717) is 31.5 Å². The summed E-state index contributed by atoms with van der Waals surface area (Å²) in [6.07, 6.45) is 3.11. The third kappa shape index (κ3) is 5.74. The first-order chi connectivity index (χ1) is 15.2. The summed E-state index contributed by atoms with van der Waals surface area (Å²) in [6.45, 7) is 2.07. The van der Waals surface area contributed by atoms with Gasteiger partial charge in [-0.3, -0.25) is 9.69 Å². The van der Waals surface area contributed by atoms with Crippen molar-refractivity contribution >= 4 is 23.4 Å². The Labute approximate surface area is 180 Å².